The van der Waals surface area contributed by atoms with Gasteiger partial charge in [0.25, 0.3) is 0 Å². The molecule has 0 aromatic heterocycles. The highest BCUT2D eigenvalue weighted by Crippen LogP contribution is 2.45. The van der Waals surface area contributed by atoms with Crippen molar-refractivity contribution in [3.8, 4) is 0 Å². The quantitative estimate of drug-likeness (QED) is 0.113. The van der Waals surface area contributed by atoms with E-state index in [0.717, 1.165) is 34.1 Å². The number of nitrogens with zero attached hydrogens (tertiary/aromatic N) is 2. The lowest BCUT2D eigenvalue weighted by Crippen LogP contribution is -2.13. The largest absolute Gasteiger partial charge is 0.310 e. The van der Waals surface area contributed by atoms with E-state index in [9.17, 15) is 0 Å². The lowest BCUT2D eigenvalue weighted by atomic mass is 9.93. The normalized spacial score (nSPS) is 14.1. The van der Waals surface area contributed by atoms with E-state index >= 15 is 0 Å². The molecule has 2 saturated carbocycles. The predicted octanol–water partition coefficient (Wildman–Crippen LogP) is 19.4. The third-order valence-corrected chi connectivity index (χ3v) is 13.8. The third-order valence-electron chi connectivity index (χ3n) is 13.8. The predicted molar refractivity (Wildman–Crippen MR) is 296 cm³/mol. The Balaban J connectivity index is 0.944. The lowest BCUT2D eigenvalue weighted by molar-refractivity contribution is 0.602. The first-order valence-electron chi connectivity index (χ1n) is 24.9. The number of fused-ring (bicyclic) bond motifs is 1. The van der Waals surface area contributed by atoms with Gasteiger partial charge in [0.1, 0.15) is 0 Å². The van der Waals surface area contributed by atoms with Gasteiger partial charge < -0.3 is 9.80 Å². The summed E-state index contributed by atoms with van der Waals surface area (Å²) in [6.07, 6.45) is 26.7. The monoisotopic (exact) mass is 882 g/mol. The molecular formula is C66H62N2. The van der Waals surface area contributed by atoms with Gasteiger partial charge in [0.2, 0.25) is 0 Å². The zero-order valence-corrected chi connectivity index (χ0v) is 39.8. The molecule has 0 atom stereocenters. The van der Waals surface area contributed by atoms with Crippen LogP contribution in [0.2, 0.25) is 0 Å². The second-order valence-electron chi connectivity index (χ2n) is 18.9. The Morgan fingerprint density at radius 1 is 0.294 bits per heavy atom. The van der Waals surface area contributed by atoms with Gasteiger partial charge in [-0.1, -0.05) is 193 Å². The fourth-order valence-corrected chi connectivity index (χ4v) is 9.93. The zero-order valence-electron chi connectivity index (χ0n) is 39.8. The maximum absolute atomic E-state index is 2.40. The number of hydrogen-bond donors (Lipinski definition) is 0. The molecule has 10 rings (SSSR count). The van der Waals surface area contributed by atoms with Crippen molar-refractivity contribution < 1.29 is 0 Å². The fourth-order valence-electron chi connectivity index (χ4n) is 9.93. The van der Waals surface area contributed by atoms with E-state index in [4.69, 9.17) is 0 Å². The average molecular weight is 883 g/mol. The summed E-state index contributed by atoms with van der Waals surface area (Å²) in [5.41, 5.74) is 19.7. The van der Waals surface area contributed by atoms with E-state index in [1.165, 1.54) is 119 Å². The molecule has 68 heavy (non-hydrogen) atoms. The summed E-state index contributed by atoms with van der Waals surface area (Å²) in [5.74, 6) is 0. The summed E-state index contributed by atoms with van der Waals surface area (Å²) < 4.78 is 0. The van der Waals surface area contributed by atoms with Crippen LogP contribution in [0.5, 0.6) is 0 Å². The minimum Gasteiger partial charge on any atom is -0.310 e. The molecule has 336 valence electrons. The van der Waals surface area contributed by atoms with Gasteiger partial charge in [-0.05, 0) is 159 Å². The van der Waals surface area contributed by atoms with Gasteiger partial charge in [-0.3, -0.25) is 0 Å². The summed E-state index contributed by atoms with van der Waals surface area (Å²) in [5, 5.41) is 2.35. The second-order valence-corrected chi connectivity index (χ2v) is 18.9. The van der Waals surface area contributed by atoms with Crippen LogP contribution in [0.3, 0.4) is 0 Å². The van der Waals surface area contributed by atoms with E-state index < -0.39 is 0 Å². The SMILES string of the molecule is Cc1ccc(N(c2ccc(/C=C/c3ccc(C=C4CCCCC4)cc3)cc2)c2ccc(N(c3ccc(C)cc3)c3ccc(/C=C/c4ccc(C=C5CCCCC5)cc4)cc3)c3ccccc23)cc1. The second kappa shape index (κ2) is 21.0. The number of anilines is 6. The molecule has 0 heterocycles. The van der Waals surface area contributed by atoms with Crippen LogP contribution in [-0.4, -0.2) is 0 Å². The van der Waals surface area contributed by atoms with Crippen molar-refractivity contribution in [3.63, 3.8) is 0 Å². The molecule has 0 bridgehead atoms. The van der Waals surface area contributed by atoms with E-state index in [0.29, 0.717) is 0 Å². The Labute approximate surface area is 405 Å². The van der Waals surface area contributed by atoms with Crippen molar-refractivity contribution in [2.45, 2.75) is 78.1 Å². The van der Waals surface area contributed by atoms with Crippen molar-refractivity contribution >= 4 is 81.4 Å². The molecule has 0 N–H and O–H groups in total. The van der Waals surface area contributed by atoms with Crippen LogP contribution >= 0.6 is 0 Å². The standard InChI is InChI=1S/C66H62N2/c1-49-17-37-59(38-18-49)67(61-41-33-53(34-42-61)23-21-51-25-29-57(30-26-51)47-55-11-5-3-6-12-55)65-45-46-66(64-16-10-9-15-63(64)65)68(60-39-19-50(2)20-40-60)62-43-35-54(36-44-62)24-22-52-27-31-58(32-28-52)48-56-13-7-4-8-14-56/h9-10,15-48H,3-8,11-14H2,1-2H3/b23-21+,24-22+. The fraction of sp³-hybridized carbons (Fsp3) is 0.182. The Bertz CT molecular complexity index is 2840. The number of benzene rings is 8. The van der Waals surface area contributed by atoms with Gasteiger partial charge in [-0.15, -0.1) is 0 Å². The molecule has 2 aliphatic rings. The summed E-state index contributed by atoms with van der Waals surface area (Å²) in [4.78, 5) is 4.80. The molecule has 8 aromatic rings. The molecule has 0 radical (unpaired) electrons. The number of aryl methyl sites for hydroxylation is 2. The highest BCUT2D eigenvalue weighted by atomic mass is 15.2. The summed E-state index contributed by atoms with van der Waals surface area (Å²) in [6, 6.07) is 67.1. The van der Waals surface area contributed by atoms with Crippen LogP contribution in [-0.2, 0) is 0 Å². The lowest BCUT2D eigenvalue weighted by Gasteiger charge is -2.30. The van der Waals surface area contributed by atoms with Crippen LogP contribution in [0.1, 0.15) is 109 Å². The van der Waals surface area contributed by atoms with Gasteiger partial charge in [0.05, 0.1) is 11.4 Å². The van der Waals surface area contributed by atoms with Crippen LogP contribution in [0.25, 0.3) is 47.2 Å². The molecule has 0 amide bonds. The van der Waals surface area contributed by atoms with Crippen molar-refractivity contribution in [3.05, 3.63) is 238 Å². The molecule has 0 unspecified atom stereocenters. The molecule has 2 aliphatic carbocycles. The Morgan fingerprint density at radius 2 is 0.574 bits per heavy atom. The minimum atomic E-state index is 1.11. The molecular weight excluding hydrogens is 821 g/mol. The smallest absolute Gasteiger partial charge is 0.0541 e. The number of rotatable bonds is 12. The van der Waals surface area contributed by atoms with Crippen molar-refractivity contribution in [1.29, 1.82) is 0 Å². The third kappa shape index (κ3) is 10.7. The maximum Gasteiger partial charge on any atom is 0.0541 e. The zero-order chi connectivity index (χ0) is 46.1. The van der Waals surface area contributed by atoms with Crippen molar-refractivity contribution in [1.82, 2.24) is 0 Å². The van der Waals surface area contributed by atoms with Gasteiger partial charge in [0, 0.05) is 33.5 Å². The van der Waals surface area contributed by atoms with E-state index in [2.05, 4.69) is 242 Å². The highest BCUT2D eigenvalue weighted by molar-refractivity contribution is 6.07. The topological polar surface area (TPSA) is 6.48 Å². The van der Waals surface area contributed by atoms with Crippen LogP contribution in [0, 0.1) is 13.8 Å². The molecule has 0 saturated heterocycles. The minimum absolute atomic E-state index is 1.11. The Hall–Kier alpha value is -7.42. The van der Waals surface area contributed by atoms with E-state index in [-0.39, 0.29) is 0 Å². The first-order valence-corrected chi connectivity index (χ1v) is 24.9. The van der Waals surface area contributed by atoms with Crippen molar-refractivity contribution in [2.75, 3.05) is 9.80 Å². The molecule has 2 fully saturated rings. The van der Waals surface area contributed by atoms with Crippen LogP contribution < -0.4 is 9.80 Å². The average Bonchev–Trinajstić information content (AvgIpc) is 3.39. The first-order chi connectivity index (χ1) is 33.5. The maximum atomic E-state index is 2.40. The summed E-state index contributed by atoms with van der Waals surface area (Å²) in [6.45, 7) is 4.30. The Morgan fingerprint density at radius 3 is 0.897 bits per heavy atom. The molecule has 8 aromatic carbocycles. The van der Waals surface area contributed by atoms with Crippen molar-refractivity contribution in [2.24, 2.45) is 0 Å². The van der Waals surface area contributed by atoms with Gasteiger partial charge >= 0.3 is 0 Å². The van der Waals surface area contributed by atoms with Gasteiger partial charge in [-0.2, -0.15) is 0 Å². The highest BCUT2D eigenvalue weighted by Gasteiger charge is 2.21. The summed E-state index contributed by atoms with van der Waals surface area (Å²) in [7, 11) is 0. The molecule has 0 spiro atoms. The first kappa shape index (κ1) is 44.4. The Kier molecular flexibility index (Phi) is 13.7. The number of hydrogen-bond acceptors (Lipinski definition) is 2. The number of allylic oxidation sites excluding steroid dienone is 2. The van der Waals surface area contributed by atoms with E-state index in [1.807, 2.05) is 0 Å². The van der Waals surface area contributed by atoms with Gasteiger partial charge in [0.15, 0.2) is 0 Å². The molecule has 2 heteroatoms. The molecule has 2 nitrogen and oxygen atoms in total. The summed E-state index contributed by atoms with van der Waals surface area (Å²) >= 11 is 0. The molecule has 0 aliphatic heterocycles. The van der Waals surface area contributed by atoms with Crippen LogP contribution in [0.15, 0.2) is 193 Å². The van der Waals surface area contributed by atoms with Gasteiger partial charge in [-0.25, -0.2) is 0 Å². The van der Waals surface area contributed by atoms with Crippen LogP contribution in [0.4, 0.5) is 34.1 Å². The van der Waals surface area contributed by atoms with E-state index in [1.54, 1.807) is 11.1 Å².